The molecule has 0 spiro atoms. The number of aromatic hydroxyl groups is 1. The Morgan fingerprint density at radius 2 is 1.80 bits per heavy atom. The van der Waals surface area contributed by atoms with Crippen molar-refractivity contribution in [1.82, 2.24) is 5.43 Å². The molecule has 0 bridgehead atoms. The van der Waals surface area contributed by atoms with Crippen molar-refractivity contribution < 1.29 is 9.90 Å². The van der Waals surface area contributed by atoms with Crippen molar-refractivity contribution in [1.29, 1.82) is 0 Å². The topological polar surface area (TPSA) is 61.7 Å². The zero-order valence-corrected chi connectivity index (χ0v) is 11.4. The van der Waals surface area contributed by atoms with Crippen molar-refractivity contribution in [2.75, 3.05) is 0 Å². The zero-order chi connectivity index (χ0) is 14.5. The summed E-state index contributed by atoms with van der Waals surface area (Å²) in [5, 5.41) is 13.4. The lowest BCUT2D eigenvalue weighted by Gasteiger charge is -2.04. The van der Waals surface area contributed by atoms with Crippen LogP contribution in [0.5, 0.6) is 5.75 Å². The fourth-order valence-corrected chi connectivity index (χ4v) is 1.71. The molecule has 0 aromatic heterocycles. The van der Waals surface area contributed by atoms with Crippen LogP contribution in [0, 0.1) is 6.92 Å². The highest BCUT2D eigenvalue weighted by Gasteiger charge is 2.05. The van der Waals surface area contributed by atoms with E-state index in [0.717, 1.165) is 11.3 Å². The number of aryl methyl sites for hydroxylation is 1. The number of nitrogens with zero attached hydrogens (tertiary/aromatic N) is 1. The van der Waals surface area contributed by atoms with Gasteiger partial charge < -0.3 is 5.11 Å². The number of nitrogens with one attached hydrogen (secondary N) is 1. The summed E-state index contributed by atoms with van der Waals surface area (Å²) in [5.74, 6) is -0.302. The number of carbonyl (C=O) groups excluding carboxylic acids is 1. The number of carbonyl (C=O) groups is 1. The maximum absolute atomic E-state index is 11.9. The lowest BCUT2D eigenvalue weighted by molar-refractivity contribution is 0.0954. The molecule has 2 aromatic rings. The van der Waals surface area contributed by atoms with E-state index in [-0.39, 0.29) is 11.7 Å². The highest BCUT2D eigenvalue weighted by atomic mass is 16.3. The minimum atomic E-state index is -0.354. The van der Waals surface area contributed by atoms with Gasteiger partial charge in [-0.1, -0.05) is 35.9 Å². The van der Waals surface area contributed by atoms with Gasteiger partial charge in [0, 0.05) is 5.56 Å². The molecule has 4 heteroatoms. The van der Waals surface area contributed by atoms with Crippen molar-refractivity contribution in [3.63, 3.8) is 0 Å². The third kappa shape index (κ3) is 3.45. The third-order valence-corrected chi connectivity index (χ3v) is 2.90. The Kier molecular flexibility index (Phi) is 4.15. The van der Waals surface area contributed by atoms with Crippen LogP contribution < -0.4 is 5.43 Å². The summed E-state index contributed by atoms with van der Waals surface area (Å²) in [5.41, 5.74) is 5.69. The fraction of sp³-hybridized carbons (Fsp3) is 0.125. The van der Waals surface area contributed by atoms with E-state index in [1.165, 1.54) is 17.7 Å². The molecule has 2 N–H and O–H groups in total. The summed E-state index contributed by atoms with van der Waals surface area (Å²) in [6.07, 6.45) is 0. The molecule has 0 saturated heterocycles. The molecule has 2 rings (SSSR count). The summed E-state index contributed by atoms with van der Waals surface area (Å²) in [4.78, 5) is 11.9. The Bertz CT molecular complexity index is 646. The highest BCUT2D eigenvalue weighted by molar-refractivity contribution is 6.00. The summed E-state index contributed by atoms with van der Waals surface area (Å²) < 4.78 is 0. The molecule has 0 radical (unpaired) electrons. The number of phenols is 1. The predicted octanol–water partition coefficient (Wildman–Crippen LogP) is 2.85. The number of benzene rings is 2. The van der Waals surface area contributed by atoms with E-state index in [1.54, 1.807) is 12.1 Å². The molecule has 0 aliphatic rings. The van der Waals surface area contributed by atoms with Gasteiger partial charge in [0.2, 0.25) is 0 Å². The summed E-state index contributed by atoms with van der Waals surface area (Å²) >= 11 is 0. The molecule has 102 valence electrons. The number of hydrogen-bond acceptors (Lipinski definition) is 3. The molecule has 0 atom stereocenters. The van der Waals surface area contributed by atoms with Gasteiger partial charge in [-0.2, -0.15) is 5.10 Å². The zero-order valence-electron chi connectivity index (χ0n) is 11.4. The van der Waals surface area contributed by atoms with Gasteiger partial charge in [0.05, 0.1) is 5.71 Å². The van der Waals surface area contributed by atoms with Crippen LogP contribution in [0.1, 0.15) is 28.4 Å². The summed E-state index contributed by atoms with van der Waals surface area (Å²) in [6, 6.07) is 14.0. The number of rotatable bonds is 3. The Morgan fingerprint density at radius 3 is 2.45 bits per heavy atom. The number of hydrogen-bond donors (Lipinski definition) is 2. The van der Waals surface area contributed by atoms with Gasteiger partial charge in [0.1, 0.15) is 5.75 Å². The van der Waals surface area contributed by atoms with Crippen LogP contribution in [0.3, 0.4) is 0 Å². The van der Waals surface area contributed by atoms with Gasteiger partial charge in [-0.15, -0.1) is 0 Å². The quantitative estimate of drug-likeness (QED) is 0.664. The smallest absolute Gasteiger partial charge is 0.271 e. The van der Waals surface area contributed by atoms with Crippen molar-refractivity contribution in [3.05, 3.63) is 65.2 Å². The van der Waals surface area contributed by atoms with E-state index >= 15 is 0 Å². The minimum Gasteiger partial charge on any atom is -0.508 e. The van der Waals surface area contributed by atoms with Crippen LogP contribution in [-0.2, 0) is 0 Å². The molecule has 0 aliphatic carbocycles. The molecular weight excluding hydrogens is 252 g/mol. The summed E-state index contributed by atoms with van der Waals surface area (Å²) in [6.45, 7) is 3.84. The first kappa shape index (κ1) is 13.8. The van der Waals surface area contributed by atoms with Gasteiger partial charge >= 0.3 is 0 Å². The molecule has 20 heavy (non-hydrogen) atoms. The molecule has 0 aliphatic heterocycles. The van der Waals surface area contributed by atoms with Crippen LogP contribution in [-0.4, -0.2) is 16.7 Å². The molecule has 2 aromatic carbocycles. The van der Waals surface area contributed by atoms with Crippen LogP contribution in [0.2, 0.25) is 0 Å². The summed E-state index contributed by atoms with van der Waals surface area (Å²) in [7, 11) is 0. The van der Waals surface area contributed by atoms with Crippen LogP contribution >= 0.6 is 0 Å². The average Bonchev–Trinajstić information content (AvgIpc) is 2.45. The second-order valence-electron chi connectivity index (χ2n) is 4.55. The maximum Gasteiger partial charge on any atom is 0.271 e. The van der Waals surface area contributed by atoms with Crippen molar-refractivity contribution >= 4 is 11.6 Å². The largest absolute Gasteiger partial charge is 0.508 e. The van der Waals surface area contributed by atoms with E-state index in [0.29, 0.717) is 5.56 Å². The highest BCUT2D eigenvalue weighted by Crippen LogP contribution is 2.10. The monoisotopic (exact) mass is 268 g/mol. The standard InChI is InChI=1S/C16H16N2O2/c1-11-6-8-13(9-7-11)12(2)17-18-16(20)14-4-3-5-15(19)10-14/h3-10,19H,1-2H3,(H,18,20)/b17-12+. The SMILES string of the molecule is C/C(=N\NC(=O)c1cccc(O)c1)c1ccc(C)cc1. The average molecular weight is 268 g/mol. The van der Waals surface area contributed by atoms with Gasteiger partial charge in [-0.25, -0.2) is 5.43 Å². The van der Waals surface area contributed by atoms with Gasteiger partial charge in [-0.3, -0.25) is 4.79 Å². The van der Waals surface area contributed by atoms with E-state index in [4.69, 9.17) is 0 Å². The number of amides is 1. The second kappa shape index (κ2) is 6.02. The normalized spacial score (nSPS) is 11.2. The molecule has 0 saturated carbocycles. The van der Waals surface area contributed by atoms with Gasteiger partial charge in [0.15, 0.2) is 0 Å². The van der Waals surface area contributed by atoms with Crippen molar-refractivity contribution in [3.8, 4) is 5.75 Å². The first-order chi connectivity index (χ1) is 9.56. The molecule has 4 nitrogen and oxygen atoms in total. The Morgan fingerprint density at radius 1 is 1.10 bits per heavy atom. The van der Waals surface area contributed by atoms with Crippen LogP contribution in [0.25, 0.3) is 0 Å². The second-order valence-corrected chi connectivity index (χ2v) is 4.55. The number of hydrazone groups is 1. The minimum absolute atomic E-state index is 0.0527. The lowest BCUT2D eigenvalue weighted by atomic mass is 10.1. The van der Waals surface area contributed by atoms with Crippen molar-refractivity contribution in [2.24, 2.45) is 5.10 Å². The lowest BCUT2D eigenvalue weighted by Crippen LogP contribution is -2.19. The van der Waals surface area contributed by atoms with E-state index in [9.17, 15) is 9.90 Å². The van der Waals surface area contributed by atoms with Crippen LogP contribution in [0.15, 0.2) is 53.6 Å². The van der Waals surface area contributed by atoms with E-state index in [2.05, 4.69) is 10.5 Å². The molecule has 0 unspecified atom stereocenters. The van der Waals surface area contributed by atoms with E-state index in [1.807, 2.05) is 38.1 Å². The molecule has 0 fully saturated rings. The van der Waals surface area contributed by atoms with Gasteiger partial charge in [-0.05, 0) is 37.6 Å². The maximum atomic E-state index is 11.9. The Balaban J connectivity index is 2.08. The molecule has 0 heterocycles. The van der Waals surface area contributed by atoms with Crippen molar-refractivity contribution in [2.45, 2.75) is 13.8 Å². The molecule has 1 amide bonds. The first-order valence-corrected chi connectivity index (χ1v) is 6.27. The van der Waals surface area contributed by atoms with E-state index < -0.39 is 0 Å². The predicted molar refractivity (Wildman–Crippen MR) is 79.0 cm³/mol. The number of phenolic OH excluding ortho intramolecular Hbond substituents is 1. The molecular formula is C16H16N2O2. The van der Waals surface area contributed by atoms with Gasteiger partial charge in [0.25, 0.3) is 5.91 Å². The Labute approximate surface area is 117 Å². The van der Waals surface area contributed by atoms with Crippen LogP contribution in [0.4, 0.5) is 0 Å². The fourth-order valence-electron chi connectivity index (χ4n) is 1.71. The Hall–Kier alpha value is -2.62. The third-order valence-electron chi connectivity index (χ3n) is 2.90. The first-order valence-electron chi connectivity index (χ1n) is 6.27.